The maximum absolute atomic E-state index is 12.3. The number of carbonyl (C=O) groups excluding carboxylic acids is 2. The molecule has 4 nitrogen and oxygen atoms in total. The Bertz CT molecular complexity index is 767. The highest BCUT2D eigenvalue weighted by Gasteiger charge is 2.15. The molecule has 0 spiro atoms. The van der Waals surface area contributed by atoms with Crippen LogP contribution in [-0.4, -0.2) is 26.0 Å². The molecule has 0 radical (unpaired) electrons. The highest BCUT2D eigenvalue weighted by Crippen LogP contribution is 2.21. The number of esters is 1. The molecule has 0 amide bonds. The Morgan fingerprint density at radius 3 is 2.35 bits per heavy atom. The Labute approximate surface area is 135 Å². The smallest absolute Gasteiger partial charge is 0.341 e. The van der Waals surface area contributed by atoms with Crippen molar-refractivity contribution in [1.29, 1.82) is 0 Å². The third-order valence-corrected chi connectivity index (χ3v) is 3.41. The summed E-state index contributed by atoms with van der Waals surface area (Å²) in [6.07, 6.45) is 5.46. The van der Waals surface area contributed by atoms with Gasteiger partial charge in [-0.3, -0.25) is 4.79 Å². The van der Waals surface area contributed by atoms with Gasteiger partial charge in [0.15, 0.2) is 5.78 Å². The fourth-order valence-corrected chi connectivity index (χ4v) is 2.17. The molecule has 2 aromatic rings. The van der Waals surface area contributed by atoms with Crippen molar-refractivity contribution in [3.8, 4) is 18.1 Å². The molecule has 23 heavy (non-hydrogen) atoms. The van der Waals surface area contributed by atoms with Gasteiger partial charge in [-0.15, -0.1) is 6.42 Å². The number of hydrogen-bond acceptors (Lipinski definition) is 4. The lowest BCUT2D eigenvalue weighted by Gasteiger charge is -2.09. The van der Waals surface area contributed by atoms with E-state index in [-0.39, 0.29) is 12.2 Å². The Morgan fingerprint density at radius 2 is 1.78 bits per heavy atom. The summed E-state index contributed by atoms with van der Waals surface area (Å²) < 4.78 is 9.86. The van der Waals surface area contributed by atoms with Crippen molar-refractivity contribution in [3.05, 3.63) is 64.7 Å². The fraction of sp³-hybridized carbons (Fsp3) is 0.158. The molecule has 2 rings (SSSR count). The van der Waals surface area contributed by atoms with E-state index in [0.29, 0.717) is 22.4 Å². The minimum atomic E-state index is -0.505. The van der Waals surface area contributed by atoms with Crippen LogP contribution in [0.3, 0.4) is 0 Å². The summed E-state index contributed by atoms with van der Waals surface area (Å²) in [5, 5.41) is 0. The zero-order valence-electron chi connectivity index (χ0n) is 13.0. The van der Waals surface area contributed by atoms with Crippen molar-refractivity contribution in [3.63, 3.8) is 0 Å². The van der Waals surface area contributed by atoms with Crippen LogP contribution in [0.5, 0.6) is 5.75 Å². The number of methoxy groups -OCH3 is 2. The standard InChI is InChI=1S/C19H16O4/c1-4-13-5-8-15(9-6-13)17(20)12-14-7-10-18(22-2)16(11-14)19(21)23-3/h1,5-11H,12H2,2-3H3. The summed E-state index contributed by atoms with van der Waals surface area (Å²) in [6.45, 7) is 0. The molecule has 0 atom stereocenters. The van der Waals surface area contributed by atoms with Crippen molar-refractivity contribution in [1.82, 2.24) is 0 Å². The molecule has 116 valence electrons. The first kappa shape index (κ1) is 16.3. The van der Waals surface area contributed by atoms with E-state index in [1.54, 1.807) is 42.5 Å². The molecule has 0 aliphatic heterocycles. The van der Waals surface area contributed by atoms with E-state index in [9.17, 15) is 9.59 Å². The highest BCUT2D eigenvalue weighted by atomic mass is 16.5. The lowest BCUT2D eigenvalue weighted by atomic mass is 10.00. The predicted molar refractivity (Wildman–Crippen MR) is 86.7 cm³/mol. The van der Waals surface area contributed by atoms with Gasteiger partial charge in [0.1, 0.15) is 11.3 Å². The Kier molecular flexibility index (Phi) is 5.16. The van der Waals surface area contributed by atoms with Crippen LogP contribution in [0, 0.1) is 12.3 Å². The van der Waals surface area contributed by atoms with Crippen molar-refractivity contribution < 1.29 is 19.1 Å². The van der Waals surface area contributed by atoms with E-state index in [4.69, 9.17) is 15.9 Å². The zero-order valence-corrected chi connectivity index (χ0v) is 13.0. The lowest BCUT2D eigenvalue weighted by molar-refractivity contribution is 0.0596. The van der Waals surface area contributed by atoms with Crippen molar-refractivity contribution in [2.24, 2.45) is 0 Å². The number of ketones is 1. The minimum Gasteiger partial charge on any atom is -0.496 e. The van der Waals surface area contributed by atoms with Crippen LogP contribution in [0.15, 0.2) is 42.5 Å². The fourth-order valence-electron chi connectivity index (χ4n) is 2.17. The van der Waals surface area contributed by atoms with E-state index in [0.717, 1.165) is 5.56 Å². The highest BCUT2D eigenvalue weighted by molar-refractivity contribution is 5.98. The van der Waals surface area contributed by atoms with Crippen LogP contribution < -0.4 is 4.74 Å². The molecule has 0 saturated carbocycles. The lowest BCUT2D eigenvalue weighted by Crippen LogP contribution is -2.08. The molecule has 0 aliphatic carbocycles. The van der Waals surface area contributed by atoms with Crippen molar-refractivity contribution >= 4 is 11.8 Å². The van der Waals surface area contributed by atoms with Gasteiger partial charge in [0.05, 0.1) is 14.2 Å². The van der Waals surface area contributed by atoms with Gasteiger partial charge in [0.2, 0.25) is 0 Å². The van der Waals surface area contributed by atoms with Crippen molar-refractivity contribution in [2.45, 2.75) is 6.42 Å². The molecular formula is C19H16O4. The molecule has 2 aromatic carbocycles. The second-order valence-corrected chi connectivity index (χ2v) is 4.85. The second kappa shape index (κ2) is 7.28. The van der Waals surface area contributed by atoms with Gasteiger partial charge in [-0.25, -0.2) is 4.79 Å². The van der Waals surface area contributed by atoms with Crippen LogP contribution in [0.4, 0.5) is 0 Å². The number of carbonyl (C=O) groups is 2. The van der Waals surface area contributed by atoms with Gasteiger partial charge in [-0.05, 0) is 29.8 Å². The molecule has 0 N–H and O–H groups in total. The first-order valence-electron chi connectivity index (χ1n) is 6.94. The number of ether oxygens (including phenoxy) is 2. The minimum absolute atomic E-state index is 0.0606. The average molecular weight is 308 g/mol. The number of rotatable bonds is 5. The normalized spacial score (nSPS) is 9.78. The molecule has 0 unspecified atom stereocenters. The van der Waals surface area contributed by atoms with Gasteiger partial charge >= 0.3 is 5.97 Å². The number of benzene rings is 2. The van der Waals surface area contributed by atoms with Crippen LogP contribution >= 0.6 is 0 Å². The largest absolute Gasteiger partial charge is 0.496 e. The summed E-state index contributed by atoms with van der Waals surface area (Å²) in [6, 6.07) is 11.8. The van der Waals surface area contributed by atoms with Crippen LogP contribution in [0.1, 0.15) is 31.8 Å². The van der Waals surface area contributed by atoms with Gasteiger partial charge in [0.25, 0.3) is 0 Å². The van der Waals surface area contributed by atoms with E-state index < -0.39 is 5.97 Å². The average Bonchev–Trinajstić information content (AvgIpc) is 2.61. The molecule has 0 aliphatic rings. The van der Waals surface area contributed by atoms with Crippen LogP contribution in [0.2, 0.25) is 0 Å². The first-order chi connectivity index (χ1) is 11.1. The molecule has 0 heterocycles. The summed E-state index contributed by atoms with van der Waals surface area (Å²) in [4.78, 5) is 24.1. The third kappa shape index (κ3) is 3.78. The van der Waals surface area contributed by atoms with Gasteiger partial charge in [0, 0.05) is 17.5 Å². The Hall–Kier alpha value is -3.06. The Balaban J connectivity index is 2.23. The third-order valence-electron chi connectivity index (χ3n) is 3.41. The molecule has 4 heteroatoms. The molecular weight excluding hydrogens is 292 g/mol. The van der Waals surface area contributed by atoms with Gasteiger partial charge < -0.3 is 9.47 Å². The quantitative estimate of drug-likeness (QED) is 0.484. The predicted octanol–water partition coefficient (Wildman–Crippen LogP) is 2.89. The monoisotopic (exact) mass is 308 g/mol. The van der Waals surface area contributed by atoms with Crippen LogP contribution in [0.25, 0.3) is 0 Å². The SMILES string of the molecule is C#Cc1ccc(C(=O)Cc2ccc(OC)c(C(=O)OC)c2)cc1. The van der Waals surface area contributed by atoms with Gasteiger partial charge in [-0.1, -0.05) is 24.1 Å². The topological polar surface area (TPSA) is 52.6 Å². The zero-order chi connectivity index (χ0) is 16.8. The second-order valence-electron chi connectivity index (χ2n) is 4.85. The maximum atomic E-state index is 12.3. The molecule has 0 saturated heterocycles. The molecule has 0 fully saturated rings. The maximum Gasteiger partial charge on any atom is 0.341 e. The Morgan fingerprint density at radius 1 is 1.09 bits per heavy atom. The van der Waals surface area contributed by atoms with E-state index in [2.05, 4.69) is 5.92 Å². The first-order valence-corrected chi connectivity index (χ1v) is 6.94. The van der Waals surface area contributed by atoms with Crippen molar-refractivity contribution in [2.75, 3.05) is 14.2 Å². The van der Waals surface area contributed by atoms with E-state index >= 15 is 0 Å². The number of terminal acetylenes is 1. The molecule has 0 aromatic heterocycles. The number of Topliss-reactive ketones (excluding diaryl/α,β-unsaturated/α-hetero) is 1. The summed E-state index contributed by atoms with van der Waals surface area (Å²) >= 11 is 0. The van der Waals surface area contributed by atoms with Crippen LogP contribution in [-0.2, 0) is 11.2 Å². The number of hydrogen-bond donors (Lipinski definition) is 0. The van der Waals surface area contributed by atoms with E-state index in [1.807, 2.05) is 0 Å². The summed E-state index contributed by atoms with van der Waals surface area (Å²) in [5.74, 6) is 2.35. The summed E-state index contributed by atoms with van der Waals surface area (Å²) in [7, 11) is 2.77. The summed E-state index contributed by atoms with van der Waals surface area (Å²) in [5.41, 5.74) is 2.29. The van der Waals surface area contributed by atoms with Gasteiger partial charge in [-0.2, -0.15) is 0 Å². The molecule has 0 bridgehead atoms. The van der Waals surface area contributed by atoms with E-state index in [1.165, 1.54) is 14.2 Å².